The monoisotopic (exact) mass is 306 g/mol. The molecular weight excluding hydrogens is 280 g/mol. The first-order valence-corrected chi connectivity index (χ1v) is 9.16. The predicted octanol–water partition coefficient (Wildman–Crippen LogP) is 3.93. The van der Waals surface area contributed by atoms with Gasteiger partial charge in [-0.05, 0) is 48.1 Å². The molecule has 1 N–H and O–H groups in total. The fourth-order valence-corrected chi connectivity index (χ4v) is 4.48. The molecule has 21 heavy (non-hydrogen) atoms. The van der Waals surface area contributed by atoms with Crippen molar-refractivity contribution < 1.29 is 4.79 Å². The summed E-state index contributed by atoms with van der Waals surface area (Å²) in [6.45, 7) is 6.67. The summed E-state index contributed by atoms with van der Waals surface area (Å²) in [7, 11) is 0. The van der Waals surface area contributed by atoms with Crippen molar-refractivity contribution in [2.45, 2.75) is 70.6 Å². The summed E-state index contributed by atoms with van der Waals surface area (Å²) in [6.07, 6.45) is 5.49. The summed E-state index contributed by atoms with van der Waals surface area (Å²) in [5.41, 5.74) is 0.959. The van der Waals surface area contributed by atoms with E-state index in [1.807, 2.05) is 0 Å². The second-order valence-electron chi connectivity index (χ2n) is 6.73. The third-order valence-electron chi connectivity index (χ3n) is 5.56. The van der Waals surface area contributed by atoms with E-state index in [-0.39, 0.29) is 17.7 Å². The van der Waals surface area contributed by atoms with Gasteiger partial charge in [-0.15, -0.1) is 0 Å². The quantitative estimate of drug-likeness (QED) is 0.914. The minimum absolute atomic E-state index is 0.0610. The molecule has 1 spiro atoms. The Morgan fingerprint density at radius 2 is 2.14 bits per heavy atom. The molecule has 1 saturated heterocycles. The van der Waals surface area contributed by atoms with Gasteiger partial charge >= 0.3 is 0 Å². The lowest BCUT2D eigenvalue weighted by Gasteiger charge is -2.33. The van der Waals surface area contributed by atoms with Gasteiger partial charge in [-0.3, -0.25) is 10.1 Å². The van der Waals surface area contributed by atoms with E-state index in [4.69, 9.17) is 0 Å². The maximum absolute atomic E-state index is 13.2. The van der Waals surface area contributed by atoms with Crippen LogP contribution < -0.4 is 5.32 Å². The predicted molar refractivity (Wildman–Crippen MR) is 87.2 cm³/mol. The molecule has 3 unspecified atom stereocenters. The van der Waals surface area contributed by atoms with Crippen LogP contribution in [0.5, 0.6) is 0 Å². The number of thiophene rings is 1. The number of carbonyl (C=O) groups excluding carboxylic acids is 1. The molecule has 1 aromatic rings. The Balaban J connectivity index is 1.94. The van der Waals surface area contributed by atoms with Crippen molar-refractivity contribution in [3.05, 3.63) is 22.4 Å². The van der Waals surface area contributed by atoms with Gasteiger partial charge in [-0.2, -0.15) is 11.3 Å². The Kier molecular flexibility index (Phi) is 4.10. The minimum atomic E-state index is -0.283. The molecule has 1 saturated carbocycles. The summed E-state index contributed by atoms with van der Waals surface area (Å²) in [5, 5.41) is 7.99. The zero-order valence-corrected chi connectivity index (χ0v) is 14.1. The molecule has 0 bridgehead atoms. The number of nitrogens with zero attached hydrogens (tertiary/aromatic N) is 1. The average molecular weight is 306 g/mol. The van der Waals surface area contributed by atoms with Gasteiger partial charge in [-0.25, -0.2) is 0 Å². The van der Waals surface area contributed by atoms with Gasteiger partial charge in [-0.1, -0.05) is 33.1 Å². The molecule has 2 fully saturated rings. The smallest absolute Gasteiger partial charge is 0.244 e. The first kappa shape index (κ1) is 15.0. The van der Waals surface area contributed by atoms with E-state index < -0.39 is 0 Å². The van der Waals surface area contributed by atoms with Crippen LogP contribution in [0.4, 0.5) is 0 Å². The van der Waals surface area contributed by atoms with Crippen molar-refractivity contribution in [2.24, 2.45) is 5.92 Å². The second-order valence-corrected chi connectivity index (χ2v) is 7.51. The van der Waals surface area contributed by atoms with Crippen molar-refractivity contribution in [3.63, 3.8) is 0 Å². The Labute approximate surface area is 131 Å². The minimum Gasteiger partial charge on any atom is -0.318 e. The highest BCUT2D eigenvalue weighted by molar-refractivity contribution is 7.07. The van der Waals surface area contributed by atoms with E-state index in [2.05, 4.69) is 47.8 Å². The zero-order chi connectivity index (χ0) is 15.0. The molecule has 0 radical (unpaired) electrons. The highest BCUT2D eigenvalue weighted by Gasteiger charge is 2.54. The standard InChI is InChI=1S/C17H26N2OS/c1-4-12(2)13(3)19-15(14-7-10-21-11-14)18-17(16(19)20)8-5-6-9-17/h7,10-13,15,18H,4-6,8-9H2,1-3H3. The summed E-state index contributed by atoms with van der Waals surface area (Å²) in [4.78, 5) is 15.3. The van der Waals surface area contributed by atoms with E-state index in [1.54, 1.807) is 11.3 Å². The number of nitrogens with one attached hydrogen (secondary N) is 1. The lowest BCUT2D eigenvalue weighted by Crippen LogP contribution is -2.46. The van der Waals surface area contributed by atoms with Crippen molar-refractivity contribution in [2.75, 3.05) is 0 Å². The molecule has 1 aliphatic heterocycles. The van der Waals surface area contributed by atoms with Crippen molar-refractivity contribution in [1.82, 2.24) is 10.2 Å². The third-order valence-corrected chi connectivity index (χ3v) is 6.26. The lowest BCUT2D eigenvalue weighted by atomic mass is 9.95. The summed E-state index contributed by atoms with van der Waals surface area (Å²) in [6, 6.07) is 2.43. The molecule has 1 aliphatic carbocycles. The molecule has 3 rings (SSSR count). The number of hydrogen-bond donors (Lipinski definition) is 1. The molecule has 2 heterocycles. The third kappa shape index (κ3) is 2.42. The van der Waals surface area contributed by atoms with E-state index in [0.29, 0.717) is 11.8 Å². The molecule has 0 aromatic carbocycles. The molecule has 1 amide bonds. The van der Waals surface area contributed by atoms with Crippen LogP contribution in [0.1, 0.15) is 64.6 Å². The van der Waals surface area contributed by atoms with Gasteiger partial charge in [0, 0.05) is 6.04 Å². The Morgan fingerprint density at radius 1 is 1.43 bits per heavy atom. The topological polar surface area (TPSA) is 32.3 Å². The van der Waals surface area contributed by atoms with Crippen LogP contribution in [0, 0.1) is 5.92 Å². The van der Waals surface area contributed by atoms with Gasteiger partial charge in [0.15, 0.2) is 0 Å². The highest BCUT2D eigenvalue weighted by Crippen LogP contribution is 2.43. The lowest BCUT2D eigenvalue weighted by molar-refractivity contribution is -0.136. The fraction of sp³-hybridized carbons (Fsp3) is 0.706. The van der Waals surface area contributed by atoms with E-state index in [9.17, 15) is 4.79 Å². The van der Waals surface area contributed by atoms with Crippen molar-refractivity contribution in [3.8, 4) is 0 Å². The maximum Gasteiger partial charge on any atom is 0.244 e. The second kappa shape index (κ2) is 5.73. The van der Waals surface area contributed by atoms with Crippen LogP contribution in [0.15, 0.2) is 16.8 Å². The molecule has 1 aromatic heterocycles. The first-order chi connectivity index (χ1) is 10.1. The van der Waals surface area contributed by atoms with E-state index >= 15 is 0 Å². The van der Waals surface area contributed by atoms with Crippen molar-refractivity contribution in [1.29, 1.82) is 0 Å². The van der Waals surface area contributed by atoms with Crippen LogP contribution in [-0.4, -0.2) is 22.4 Å². The zero-order valence-electron chi connectivity index (χ0n) is 13.3. The Hall–Kier alpha value is -0.870. The summed E-state index contributed by atoms with van der Waals surface area (Å²) >= 11 is 1.71. The van der Waals surface area contributed by atoms with Gasteiger partial charge in [0.05, 0.1) is 5.54 Å². The molecule has 4 heteroatoms. The highest BCUT2D eigenvalue weighted by atomic mass is 32.1. The molecule has 3 atom stereocenters. The van der Waals surface area contributed by atoms with Gasteiger partial charge < -0.3 is 4.90 Å². The first-order valence-electron chi connectivity index (χ1n) is 8.21. The number of carbonyl (C=O) groups is 1. The fourth-order valence-electron chi connectivity index (χ4n) is 3.80. The van der Waals surface area contributed by atoms with Crippen LogP contribution in [0.3, 0.4) is 0 Å². The molecular formula is C17H26N2OS. The largest absolute Gasteiger partial charge is 0.318 e. The van der Waals surface area contributed by atoms with E-state index in [1.165, 1.54) is 18.4 Å². The molecule has 116 valence electrons. The summed E-state index contributed by atoms with van der Waals surface area (Å²) in [5.74, 6) is 0.859. The maximum atomic E-state index is 13.2. The Morgan fingerprint density at radius 3 is 2.71 bits per heavy atom. The normalized spacial score (nSPS) is 27.5. The number of hydrogen-bond acceptors (Lipinski definition) is 3. The van der Waals surface area contributed by atoms with Crippen LogP contribution >= 0.6 is 11.3 Å². The average Bonchev–Trinajstić information content (AvgIpc) is 3.21. The summed E-state index contributed by atoms with van der Waals surface area (Å²) < 4.78 is 0. The van der Waals surface area contributed by atoms with Crippen LogP contribution in [-0.2, 0) is 4.79 Å². The number of amides is 1. The van der Waals surface area contributed by atoms with Crippen LogP contribution in [0.2, 0.25) is 0 Å². The van der Waals surface area contributed by atoms with Gasteiger partial charge in [0.2, 0.25) is 5.91 Å². The molecule has 3 nitrogen and oxygen atoms in total. The van der Waals surface area contributed by atoms with Crippen LogP contribution in [0.25, 0.3) is 0 Å². The van der Waals surface area contributed by atoms with Crippen molar-refractivity contribution >= 4 is 17.2 Å². The SMILES string of the molecule is CCC(C)C(C)N1C(=O)C2(CCCC2)NC1c1ccsc1. The number of rotatable bonds is 4. The van der Waals surface area contributed by atoms with E-state index in [0.717, 1.165) is 19.3 Å². The Bertz CT molecular complexity index is 493. The molecule has 2 aliphatic rings. The van der Waals surface area contributed by atoms with Gasteiger partial charge in [0.25, 0.3) is 0 Å². The van der Waals surface area contributed by atoms with Gasteiger partial charge in [0.1, 0.15) is 6.17 Å².